The van der Waals surface area contributed by atoms with Crippen molar-refractivity contribution >= 4 is 44.5 Å². The van der Waals surface area contributed by atoms with Crippen molar-refractivity contribution in [3.8, 4) is 22.5 Å². The van der Waals surface area contributed by atoms with Gasteiger partial charge in [0.2, 0.25) is 5.95 Å². The zero-order valence-corrected chi connectivity index (χ0v) is 23.8. The molecule has 0 unspecified atom stereocenters. The van der Waals surface area contributed by atoms with E-state index in [1.165, 1.54) is 49.7 Å². The van der Waals surface area contributed by atoms with E-state index in [0.717, 1.165) is 34.9 Å². The highest BCUT2D eigenvalue weighted by molar-refractivity contribution is 6.10. The molecule has 43 heavy (non-hydrogen) atoms. The number of para-hydroxylation sites is 4. The van der Waals surface area contributed by atoms with Crippen LogP contribution in [0.3, 0.4) is 0 Å². The Kier molecular flexibility index (Phi) is 5.14. The first-order valence-electron chi connectivity index (χ1n) is 14.8. The predicted molar refractivity (Wildman–Crippen MR) is 178 cm³/mol. The van der Waals surface area contributed by atoms with Gasteiger partial charge in [-0.1, -0.05) is 90.5 Å². The van der Waals surface area contributed by atoms with E-state index in [-0.39, 0.29) is 0 Å². The van der Waals surface area contributed by atoms with Crippen LogP contribution >= 0.6 is 0 Å². The number of rotatable bonds is 3. The van der Waals surface area contributed by atoms with Crippen LogP contribution in [0, 0.1) is 6.92 Å². The van der Waals surface area contributed by atoms with Crippen molar-refractivity contribution in [1.29, 1.82) is 0 Å². The van der Waals surface area contributed by atoms with Crippen LogP contribution in [0.15, 0.2) is 140 Å². The van der Waals surface area contributed by atoms with Crippen LogP contribution in [0.1, 0.15) is 11.1 Å². The Labute approximate surface area is 249 Å². The molecule has 2 aromatic heterocycles. The van der Waals surface area contributed by atoms with Gasteiger partial charge in [-0.05, 0) is 78.2 Å². The molecule has 4 heteroatoms. The molecule has 1 aliphatic heterocycles. The van der Waals surface area contributed by atoms with E-state index in [4.69, 9.17) is 4.98 Å². The van der Waals surface area contributed by atoms with Crippen LogP contribution in [0.25, 0.3) is 55.3 Å². The van der Waals surface area contributed by atoms with Gasteiger partial charge in [-0.15, -0.1) is 0 Å². The minimum absolute atomic E-state index is 0.766. The Morgan fingerprint density at radius 2 is 1.28 bits per heavy atom. The highest BCUT2D eigenvalue weighted by Crippen LogP contribution is 2.41. The SMILES string of the molecule is Cc1cccc(-c2cccc(-n3c4ccccc4c4cc(N5Cc6ccccc6-n6c5nc5ccccc56)ccc43)c2)c1. The summed E-state index contributed by atoms with van der Waals surface area (Å²) in [7, 11) is 0. The molecule has 1 aliphatic rings. The average Bonchev–Trinajstić information content (AvgIpc) is 3.61. The molecule has 0 radical (unpaired) electrons. The molecule has 3 heterocycles. The first kappa shape index (κ1) is 24.0. The van der Waals surface area contributed by atoms with E-state index in [2.05, 4.69) is 160 Å². The van der Waals surface area contributed by atoms with Crippen molar-refractivity contribution in [2.75, 3.05) is 4.90 Å². The molecule has 0 aliphatic carbocycles. The summed E-state index contributed by atoms with van der Waals surface area (Å²) in [6.07, 6.45) is 0. The molecule has 0 bridgehead atoms. The van der Waals surface area contributed by atoms with Crippen molar-refractivity contribution < 1.29 is 0 Å². The number of benzene rings is 6. The molecule has 204 valence electrons. The van der Waals surface area contributed by atoms with E-state index in [9.17, 15) is 0 Å². The summed E-state index contributed by atoms with van der Waals surface area (Å²) in [6, 6.07) is 50.3. The number of aromatic nitrogens is 3. The second-order valence-electron chi connectivity index (χ2n) is 11.4. The van der Waals surface area contributed by atoms with Crippen LogP contribution in [0.5, 0.6) is 0 Å². The second kappa shape index (κ2) is 9.20. The van der Waals surface area contributed by atoms with E-state index in [1.807, 2.05) is 0 Å². The number of anilines is 2. The maximum Gasteiger partial charge on any atom is 0.216 e. The number of hydrogen-bond donors (Lipinski definition) is 0. The lowest BCUT2D eigenvalue weighted by Crippen LogP contribution is -2.25. The molecule has 6 aromatic carbocycles. The number of aryl methyl sites for hydroxylation is 1. The quantitative estimate of drug-likeness (QED) is 0.218. The third-order valence-corrected chi connectivity index (χ3v) is 8.77. The van der Waals surface area contributed by atoms with Gasteiger partial charge in [0, 0.05) is 22.1 Å². The van der Waals surface area contributed by atoms with Crippen LogP contribution in [0.2, 0.25) is 0 Å². The Hall–Kier alpha value is -5.61. The van der Waals surface area contributed by atoms with Crippen molar-refractivity contribution in [3.05, 3.63) is 151 Å². The highest BCUT2D eigenvalue weighted by atomic mass is 15.3. The maximum absolute atomic E-state index is 5.13. The van der Waals surface area contributed by atoms with E-state index in [1.54, 1.807) is 0 Å². The van der Waals surface area contributed by atoms with Gasteiger partial charge in [0.25, 0.3) is 0 Å². The van der Waals surface area contributed by atoms with Gasteiger partial charge in [0.1, 0.15) is 0 Å². The Morgan fingerprint density at radius 1 is 0.535 bits per heavy atom. The monoisotopic (exact) mass is 552 g/mol. The third-order valence-electron chi connectivity index (χ3n) is 8.77. The van der Waals surface area contributed by atoms with Crippen molar-refractivity contribution in [2.45, 2.75) is 13.5 Å². The Balaban J connectivity index is 1.24. The van der Waals surface area contributed by atoms with Gasteiger partial charge in [0.05, 0.1) is 34.3 Å². The Bertz CT molecular complexity index is 2360. The number of fused-ring (bicyclic) bond motifs is 8. The lowest BCUT2D eigenvalue weighted by atomic mass is 10.0. The lowest BCUT2D eigenvalue weighted by molar-refractivity contribution is 0.846. The number of imidazole rings is 1. The van der Waals surface area contributed by atoms with Gasteiger partial charge < -0.3 is 9.47 Å². The predicted octanol–water partition coefficient (Wildman–Crippen LogP) is 9.75. The third kappa shape index (κ3) is 3.66. The molecule has 8 aromatic rings. The average molecular weight is 553 g/mol. The normalized spacial score (nSPS) is 12.6. The van der Waals surface area contributed by atoms with Gasteiger partial charge in [-0.25, -0.2) is 4.98 Å². The fourth-order valence-corrected chi connectivity index (χ4v) is 6.80. The molecule has 0 atom stereocenters. The topological polar surface area (TPSA) is 26.0 Å². The molecule has 0 amide bonds. The zero-order chi connectivity index (χ0) is 28.5. The van der Waals surface area contributed by atoms with Gasteiger partial charge in [-0.3, -0.25) is 4.57 Å². The summed E-state index contributed by atoms with van der Waals surface area (Å²) in [5.74, 6) is 0.953. The summed E-state index contributed by atoms with van der Waals surface area (Å²) in [4.78, 5) is 7.49. The van der Waals surface area contributed by atoms with Crippen molar-refractivity contribution in [3.63, 3.8) is 0 Å². The zero-order valence-electron chi connectivity index (χ0n) is 23.8. The summed E-state index contributed by atoms with van der Waals surface area (Å²) in [6.45, 7) is 2.91. The first-order valence-corrected chi connectivity index (χ1v) is 14.8. The minimum Gasteiger partial charge on any atom is -0.309 e. The van der Waals surface area contributed by atoms with E-state index < -0.39 is 0 Å². The van der Waals surface area contributed by atoms with E-state index >= 15 is 0 Å². The first-order chi connectivity index (χ1) is 21.2. The van der Waals surface area contributed by atoms with Gasteiger partial charge in [0.15, 0.2) is 0 Å². The molecule has 0 fully saturated rings. The van der Waals surface area contributed by atoms with Gasteiger partial charge in [-0.2, -0.15) is 0 Å². The summed E-state index contributed by atoms with van der Waals surface area (Å²) < 4.78 is 4.70. The van der Waals surface area contributed by atoms with Crippen molar-refractivity contribution in [2.24, 2.45) is 0 Å². The molecule has 0 saturated heterocycles. The minimum atomic E-state index is 0.766. The fourth-order valence-electron chi connectivity index (χ4n) is 6.80. The smallest absolute Gasteiger partial charge is 0.216 e. The summed E-state index contributed by atoms with van der Waals surface area (Å²) in [5.41, 5.74) is 13.0. The van der Waals surface area contributed by atoms with Crippen LogP contribution in [-0.2, 0) is 6.54 Å². The number of nitrogens with zero attached hydrogens (tertiary/aromatic N) is 4. The highest BCUT2D eigenvalue weighted by Gasteiger charge is 2.27. The summed E-state index contributed by atoms with van der Waals surface area (Å²) >= 11 is 0. The standard InChI is InChI=1S/C39H28N4/c1-26-10-8-12-27(22-26)28-13-9-14-31(23-28)42-36-18-6-3-15-32(36)33-24-30(20-21-37(33)42)41-25-29-11-2-5-17-35(29)43-38-19-7-4-16-34(38)40-39(41)43/h2-24H,25H2,1H3. The molecular formula is C39H28N4. The molecule has 0 N–H and O–H groups in total. The largest absolute Gasteiger partial charge is 0.309 e. The molecule has 0 saturated carbocycles. The molecular weight excluding hydrogens is 524 g/mol. The van der Waals surface area contributed by atoms with E-state index in [0.29, 0.717) is 0 Å². The van der Waals surface area contributed by atoms with Gasteiger partial charge >= 0.3 is 0 Å². The van der Waals surface area contributed by atoms with Crippen LogP contribution in [-0.4, -0.2) is 14.1 Å². The lowest BCUT2D eigenvalue weighted by Gasteiger charge is -2.31. The number of hydrogen-bond acceptors (Lipinski definition) is 2. The second-order valence-corrected chi connectivity index (χ2v) is 11.4. The van der Waals surface area contributed by atoms with Crippen LogP contribution in [0.4, 0.5) is 11.6 Å². The van der Waals surface area contributed by atoms with Crippen LogP contribution < -0.4 is 4.90 Å². The maximum atomic E-state index is 5.13. The van der Waals surface area contributed by atoms with Crippen molar-refractivity contribution in [1.82, 2.24) is 14.1 Å². The molecule has 4 nitrogen and oxygen atoms in total. The molecule has 9 rings (SSSR count). The fraction of sp³-hybridized carbons (Fsp3) is 0.0513. The Morgan fingerprint density at radius 3 is 2.19 bits per heavy atom. The molecule has 0 spiro atoms. The summed E-state index contributed by atoms with van der Waals surface area (Å²) in [5, 5.41) is 2.47.